The van der Waals surface area contributed by atoms with E-state index < -0.39 is 10.9 Å². The van der Waals surface area contributed by atoms with Gasteiger partial charge in [0.2, 0.25) is 0 Å². The van der Waals surface area contributed by atoms with E-state index >= 15 is 0 Å². The third-order valence-corrected chi connectivity index (χ3v) is 5.29. The lowest BCUT2D eigenvalue weighted by Gasteiger charge is -2.20. The van der Waals surface area contributed by atoms with Gasteiger partial charge in [-0.05, 0) is 12.1 Å². The monoisotopic (exact) mass is 409 g/mol. The molecule has 7 nitrogen and oxygen atoms in total. The smallest absolute Gasteiger partial charge is 0.306 e. The molecule has 142 valence electrons. The highest BCUT2D eigenvalue weighted by atomic mass is 35.5. The van der Waals surface area contributed by atoms with Crippen LogP contribution in [0, 0.1) is 10.1 Å². The van der Waals surface area contributed by atoms with Crippen molar-refractivity contribution >= 4 is 35.0 Å². The van der Waals surface area contributed by atoms with Crippen molar-refractivity contribution in [2.45, 2.75) is 24.5 Å². The number of nitrogens with zero attached hydrogens (tertiary/aromatic N) is 1. The number of fused-ring (bicyclic) bond motifs is 1. The first kappa shape index (κ1) is 19.5. The number of carbonyl (C=O) groups excluding carboxylic acids is 1. The molecule has 0 spiro atoms. The van der Waals surface area contributed by atoms with Crippen molar-refractivity contribution in [3.63, 3.8) is 0 Å². The predicted molar refractivity (Wildman–Crippen MR) is 100.0 cm³/mol. The summed E-state index contributed by atoms with van der Waals surface area (Å²) in [5.41, 5.74) is 0.925. The number of ether oxygens (including phenoxy) is 3. The first-order chi connectivity index (χ1) is 13.0. The number of esters is 1. The Morgan fingerprint density at radius 3 is 2.93 bits per heavy atom. The second-order valence-electron chi connectivity index (χ2n) is 5.65. The normalized spacial score (nSPS) is 12.8. The molecule has 0 radical (unpaired) electrons. The Balaban J connectivity index is 1.57. The van der Waals surface area contributed by atoms with Crippen LogP contribution in [0.5, 0.6) is 5.75 Å². The number of non-ortho nitro benzene ring substituents is 1. The maximum Gasteiger partial charge on any atom is 0.306 e. The topological polar surface area (TPSA) is 87.9 Å². The fourth-order valence-corrected chi connectivity index (χ4v) is 3.70. The van der Waals surface area contributed by atoms with E-state index in [9.17, 15) is 14.9 Å². The molecule has 9 heteroatoms. The predicted octanol–water partition coefficient (Wildman–Crippen LogP) is 4.34. The molecular weight excluding hydrogens is 394 g/mol. The third-order valence-electron chi connectivity index (χ3n) is 3.77. The average molecular weight is 410 g/mol. The molecule has 0 unspecified atom stereocenters. The van der Waals surface area contributed by atoms with E-state index in [1.807, 2.05) is 18.2 Å². The summed E-state index contributed by atoms with van der Waals surface area (Å²) in [4.78, 5) is 23.5. The Kier molecular flexibility index (Phi) is 6.54. The van der Waals surface area contributed by atoms with Gasteiger partial charge in [-0.2, -0.15) is 0 Å². The van der Waals surface area contributed by atoms with Gasteiger partial charge in [0.15, 0.2) is 6.79 Å². The Morgan fingerprint density at radius 1 is 1.33 bits per heavy atom. The standard InChI is InChI=1S/C18H16ClNO6S/c19-15-3-1-2-4-16(15)27-6-5-17(21)25-10-13-8-14(20(22)23)7-12-9-24-11-26-18(12)13/h1-4,7-8H,5-6,9-11H2. The molecule has 0 N–H and O–H groups in total. The molecule has 0 aromatic heterocycles. The fraction of sp³-hybridized carbons (Fsp3) is 0.278. The van der Waals surface area contributed by atoms with Crippen LogP contribution in [0.15, 0.2) is 41.3 Å². The fourth-order valence-electron chi connectivity index (χ4n) is 2.53. The zero-order valence-electron chi connectivity index (χ0n) is 14.2. The molecule has 0 bridgehead atoms. The van der Waals surface area contributed by atoms with Crippen molar-refractivity contribution in [3.05, 3.63) is 62.7 Å². The minimum atomic E-state index is -0.500. The molecule has 2 aromatic rings. The minimum Gasteiger partial charge on any atom is -0.467 e. The van der Waals surface area contributed by atoms with Crippen LogP contribution < -0.4 is 4.74 Å². The molecule has 0 saturated carbocycles. The van der Waals surface area contributed by atoms with E-state index in [-0.39, 0.29) is 32.1 Å². The number of rotatable bonds is 7. The number of nitro benzene ring substituents is 1. The molecule has 2 aromatic carbocycles. The van der Waals surface area contributed by atoms with E-state index in [4.69, 9.17) is 25.8 Å². The number of hydrogen-bond donors (Lipinski definition) is 0. The summed E-state index contributed by atoms with van der Waals surface area (Å²) < 4.78 is 15.8. The van der Waals surface area contributed by atoms with Gasteiger partial charge in [0, 0.05) is 33.9 Å². The Labute approximate surface area is 164 Å². The van der Waals surface area contributed by atoms with Gasteiger partial charge in [0.25, 0.3) is 5.69 Å². The Morgan fingerprint density at radius 2 is 2.15 bits per heavy atom. The van der Waals surface area contributed by atoms with Gasteiger partial charge in [0.05, 0.1) is 23.0 Å². The number of halogens is 1. The van der Waals surface area contributed by atoms with Crippen LogP contribution in [0.4, 0.5) is 5.69 Å². The molecule has 1 aliphatic heterocycles. The SMILES string of the molecule is O=C(CCSc1ccccc1Cl)OCc1cc([N+](=O)[O-])cc2c1OCOC2. The summed E-state index contributed by atoms with van der Waals surface area (Å²) in [6.45, 7) is 0.173. The number of thioether (sulfide) groups is 1. The quantitative estimate of drug-likeness (QED) is 0.291. The number of nitro groups is 1. The van der Waals surface area contributed by atoms with E-state index in [1.54, 1.807) is 6.07 Å². The Hall–Kier alpha value is -2.29. The Bertz CT molecular complexity index is 860. The number of carbonyl (C=O) groups is 1. The van der Waals surface area contributed by atoms with E-state index in [1.165, 1.54) is 23.9 Å². The molecular formula is C18H16ClNO6S. The van der Waals surface area contributed by atoms with E-state index in [0.717, 1.165) is 4.90 Å². The highest BCUT2D eigenvalue weighted by Gasteiger charge is 2.21. The van der Waals surface area contributed by atoms with Gasteiger partial charge >= 0.3 is 5.97 Å². The van der Waals surface area contributed by atoms with Crippen LogP contribution in [0.1, 0.15) is 17.5 Å². The van der Waals surface area contributed by atoms with Crippen molar-refractivity contribution in [1.82, 2.24) is 0 Å². The summed E-state index contributed by atoms with van der Waals surface area (Å²) in [6, 6.07) is 10.1. The molecule has 1 heterocycles. The minimum absolute atomic E-state index is 0.0558. The third kappa shape index (κ3) is 5.12. The summed E-state index contributed by atoms with van der Waals surface area (Å²) in [7, 11) is 0. The second-order valence-corrected chi connectivity index (χ2v) is 7.19. The lowest BCUT2D eigenvalue weighted by molar-refractivity contribution is -0.385. The van der Waals surface area contributed by atoms with Crippen LogP contribution >= 0.6 is 23.4 Å². The van der Waals surface area contributed by atoms with Crippen molar-refractivity contribution in [2.24, 2.45) is 0 Å². The molecule has 0 saturated heterocycles. The first-order valence-corrected chi connectivity index (χ1v) is 9.44. The number of benzene rings is 2. The lowest BCUT2D eigenvalue weighted by atomic mass is 10.1. The summed E-state index contributed by atoms with van der Waals surface area (Å²) in [5, 5.41) is 11.7. The van der Waals surface area contributed by atoms with Gasteiger partial charge < -0.3 is 14.2 Å². The van der Waals surface area contributed by atoms with Crippen LogP contribution in [-0.2, 0) is 27.5 Å². The highest BCUT2D eigenvalue weighted by Crippen LogP contribution is 2.33. The second kappa shape index (κ2) is 9.07. The summed E-state index contributed by atoms with van der Waals surface area (Å²) in [6.07, 6.45) is 0.191. The molecule has 0 amide bonds. The van der Waals surface area contributed by atoms with Crippen LogP contribution in [-0.4, -0.2) is 23.4 Å². The first-order valence-electron chi connectivity index (χ1n) is 8.08. The molecule has 0 aliphatic carbocycles. The summed E-state index contributed by atoms with van der Waals surface area (Å²) >= 11 is 7.54. The van der Waals surface area contributed by atoms with Crippen molar-refractivity contribution in [1.29, 1.82) is 0 Å². The zero-order valence-corrected chi connectivity index (χ0v) is 15.8. The largest absolute Gasteiger partial charge is 0.467 e. The summed E-state index contributed by atoms with van der Waals surface area (Å²) in [5.74, 6) is 0.590. The van der Waals surface area contributed by atoms with Crippen LogP contribution in [0.25, 0.3) is 0 Å². The molecule has 1 aliphatic rings. The van der Waals surface area contributed by atoms with Crippen molar-refractivity contribution in [2.75, 3.05) is 12.5 Å². The van der Waals surface area contributed by atoms with Gasteiger partial charge in [-0.3, -0.25) is 14.9 Å². The van der Waals surface area contributed by atoms with E-state index in [2.05, 4.69) is 0 Å². The van der Waals surface area contributed by atoms with Crippen LogP contribution in [0.3, 0.4) is 0 Å². The van der Waals surface area contributed by atoms with E-state index in [0.29, 0.717) is 27.7 Å². The maximum absolute atomic E-state index is 12.0. The van der Waals surface area contributed by atoms with Gasteiger partial charge in [0.1, 0.15) is 12.4 Å². The maximum atomic E-state index is 12.0. The van der Waals surface area contributed by atoms with Gasteiger partial charge in [-0.15, -0.1) is 11.8 Å². The van der Waals surface area contributed by atoms with Crippen LogP contribution in [0.2, 0.25) is 5.02 Å². The highest BCUT2D eigenvalue weighted by molar-refractivity contribution is 7.99. The van der Waals surface area contributed by atoms with Crippen molar-refractivity contribution in [3.8, 4) is 5.75 Å². The number of hydrogen-bond acceptors (Lipinski definition) is 7. The van der Waals surface area contributed by atoms with Gasteiger partial charge in [-0.25, -0.2) is 0 Å². The molecule has 0 fully saturated rings. The molecule has 27 heavy (non-hydrogen) atoms. The van der Waals surface area contributed by atoms with Crippen molar-refractivity contribution < 1.29 is 23.9 Å². The lowest BCUT2D eigenvalue weighted by Crippen LogP contribution is -2.15. The molecule has 0 atom stereocenters. The zero-order chi connectivity index (χ0) is 19.2. The van der Waals surface area contributed by atoms with Gasteiger partial charge in [-0.1, -0.05) is 23.7 Å². The average Bonchev–Trinajstić information content (AvgIpc) is 2.67. The molecule has 3 rings (SSSR count).